The first-order chi connectivity index (χ1) is 9.68. The third kappa shape index (κ3) is 4.07. The first-order valence-electron chi connectivity index (χ1n) is 7.75. The molecule has 20 heavy (non-hydrogen) atoms. The highest BCUT2D eigenvalue weighted by atomic mass is 16.2. The van der Waals surface area contributed by atoms with Gasteiger partial charge >= 0.3 is 0 Å². The highest BCUT2D eigenvalue weighted by molar-refractivity contribution is 5.76. The molecule has 0 saturated carbocycles. The summed E-state index contributed by atoms with van der Waals surface area (Å²) in [5.74, 6) is 0.300. The normalized spacial score (nSPS) is 17.0. The maximum atomic E-state index is 12.1. The Hall–Kier alpha value is -1.35. The molecule has 1 aromatic rings. The Morgan fingerprint density at radius 1 is 1.25 bits per heavy atom. The number of piperidine rings is 1. The molecule has 1 aliphatic heterocycles. The zero-order valence-electron chi connectivity index (χ0n) is 12.7. The summed E-state index contributed by atoms with van der Waals surface area (Å²) in [6.45, 7) is 6.95. The average Bonchev–Trinajstić information content (AvgIpc) is 2.48. The lowest BCUT2D eigenvalue weighted by Crippen LogP contribution is -2.37. The topological polar surface area (TPSA) is 32.3 Å². The lowest BCUT2D eigenvalue weighted by molar-refractivity contribution is -0.132. The van der Waals surface area contributed by atoms with Crippen LogP contribution in [-0.4, -0.2) is 30.4 Å². The van der Waals surface area contributed by atoms with Crippen molar-refractivity contribution in [1.82, 2.24) is 10.2 Å². The van der Waals surface area contributed by atoms with Crippen molar-refractivity contribution >= 4 is 5.91 Å². The van der Waals surface area contributed by atoms with Crippen LogP contribution in [0.2, 0.25) is 0 Å². The van der Waals surface area contributed by atoms with Gasteiger partial charge in [0.2, 0.25) is 5.91 Å². The minimum absolute atomic E-state index is 0.297. The van der Waals surface area contributed by atoms with Crippen LogP contribution in [0.1, 0.15) is 49.8 Å². The number of hydrogen-bond donors (Lipinski definition) is 1. The predicted octanol–water partition coefficient (Wildman–Crippen LogP) is 3.05. The molecule has 1 unspecified atom stereocenters. The number of nitrogens with one attached hydrogen (secondary N) is 1. The number of carbonyl (C=O) groups excluding carboxylic acids is 1. The van der Waals surface area contributed by atoms with Gasteiger partial charge in [-0.2, -0.15) is 0 Å². The second kappa shape index (κ2) is 7.44. The van der Waals surface area contributed by atoms with Crippen LogP contribution in [0.3, 0.4) is 0 Å². The molecule has 1 fully saturated rings. The van der Waals surface area contributed by atoms with E-state index >= 15 is 0 Å². The molecular weight excluding hydrogens is 248 g/mol. The summed E-state index contributed by atoms with van der Waals surface area (Å²) in [5, 5.41) is 3.46. The molecule has 0 aromatic heterocycles. The molecule has 1 N–H and O–H groups in total. The van der Waals surface area contributed by atoms with E-state index in [1.54, 1.807) is 0 Å². The summed E-state index contributed by atoms with van der Waals surface area (Å²) in [6.07, 6.45) is 4.21. The van der Waals surface area contributed by atoms with E-state index in [9.17, 15) is 4.79 Å². The number of benzene rings is 1. The van der Waals surface area contributed by atoms with Crippen molar-refractivity contribution in [1.29, 1.82) is 0 Å². The molecule has 0 spiro atoms. The third-order valence-electron chi connectivity index (χ3n) is 4.15. The molecule has 2 rings (SSSR count). The van der Waals surface area contributed by atoms with E-state index in [1.165, 1.54) is 30.4 Å². The van der Waals surface area contributed by atoms with Gasteiger partial charge in [-0.1, -0.05) is 24.3 Å². The number of nitrogens with zero attached hydrogens (tertiary/aromatic N) is 1. The molecule has 0 aliphatic carbocycles. The van der Waals surface area contributed by atoms with Crippen LogP contribution in [0.25, 0.3) is 0 Å². The van der Waals surface area contributed by atoms with Gasteiger partial charge in [-0.05, 0) is 44.2 Å². The third-order valence-corrected chi connectivity index (χ3v) is 4.15. The van der Waals surface area contributed by atoms with Crippen LogP contribution in [0.15, 0.2) is 24.3 Å². The molecule has 1 aromatic carbocycles. The van der Waals surface area contributed by atoms with Crippen molar-refractivity contribution in [2.45, 2.75) is 45.6 Å². The molecule has 3 nitrogen and oxygen atoms in total. The van der Waals surface area contributed by atoms with E-state index in [4.69, 9.17) is 0 Å². The maximum absolute atomic E-state index is 12.1. The van der Waals surface area contributed by atoms with Gasteiger partial charge in [0.1, 0.15) is 0 Å². The Morgan fingerprint density at radius 2 is 1.95 bits per heavy atom. The van der Waals surface area contributed by atoms with Crippen molar-refractivity contribution in [2.75, 3.05) is 19.6 Å². The standard InChI is InChI=1S/C17H26N2O/c1-14-8-4-5-9-16(14)15(2)18-11-10-17(20)19-12-6-3-7-13-19/h4-5,8-9,15,18H,3,6-7,10-13H2,1-2H3. The van der Waals surface area contributed by atoms with E-state index in [0.717, 1.165) is 19.6 Å². The minimum atomic E-state index is 0.297. The fourth-order valence-electron chi connectivity index (χ4n) is 2.88. The highest BCUT2D eigenvalue weighted by Gasteiger charge is 2.16. The van der Waals surface area contributed by atoms with Crippen LogP contribution in [0.4, 0.5) is 0 Å². The molecule has 0 bridgehead atoms. The summed E-state index contributed by atoms with van der Waals surface area (Å²) < 4.78 is 0. The van der Waals surface area contributed by atoms with E-state index in [1.807, 2.05) is 4.90 Å². The van der Waals surface area contributed by atoms with Gasteiger partial charge in [0.15, 0.2) is 0 Å². The lowest BCUT2D eigenvalue weighted by atomic mass is 10.0. The first kappa shape index (κ1) is 15.0. The van der Waals surface area contributed by atoms with Gasteiger partial charge in [0.25, 0.3) is 0 Å². The summed E-state index contributed by atoms with van der Waals surface area (Å²) in [4.78, 5) is 14.1. The van der Waals surface area contributed by atoms with Crippen LogP contribution in [0, 0.1) is 6.92 Å². The van der Waals surface area contributed by atoms with Crippen molar-refractivity contribution in [2.24, 2.45) is 0 Å². The fraction of sp³-hybridized carbons (Fsp3) is 0.588. The second-order valence-electron chi connectivity index (χ2n) is 5.72. The Bertz CT molecular complexity index is 438. The Kier molecular flexibility index (Phi) is 5.60. The minimum Gasteiger partial charge on any atom is -0.343 e. The van der Waals surface area contributed by atoms with Gasteiger partial charge < -0.3 is 10.2 Å². The van der Waals surface area contributed by atoms with Crippen LogP contribution < -0.4 is 5.32 Å². The number of hydrogen-bond acceptors (Lipinski definition) is 2. The van der Waals surface area contributed by atoms with Crippen LogP contribution in [0.5, 0.6) is 0 Å². The van der Waals surface area contributed by atoms with Crippen molar-refractivity contribution in [3.8, 4) is 0 Å². The summed E-state index contributed by atoms with van der Waals surface area (Å²) in [6, 6.07) is 8.71. The summed E-state index contributed by atoms with van der Waals surface area (Å²) >= 11 is 0. The molecule has 3 heteroatoms. The largest absolute Gasteiger partial charge is 0.343 e. The van der Waals surface area contributed by atoms with Gasteiger partial charge in [0, 0.05) is 32.1 Å². The molecule has 1 amide bonds. The molecule has 1 aliphatic rings. The van der Waals surface area contributed by atoms with E-state index < -0.39 is 0 Å². The average molecular weight is 274 g/mol. The summed E-state index contributed by atoms with van der Waals surface area (Å²) in [5.41, 5.74) is 2.62. The lowest BCUT2D eigenvalue weighted by Gasteiger charge is -2.27. The number of rotatable bonds is 5. The number of carbonyl (C=O) groups is 1. The molecule has 1 heterocycles. The van der Waals surface area contributed by atoms with Gasteiger partial charge in [0.05, 0.1) is 0 Å². The molecular formula is C17H26N2O. The Labute approximate surface area is 122 Å². The number of amides is 1. The van der Waals surface area contributed by atoms with Crippen LogP contribution in [-0.2, 0) is 4.79 Å². The van der Waals surface area contributed by atoms with Gasteiger partial charge in [-0.3, -0.25) is 4.79 Å². The fourth-order valence-corrected chi connectivity index (χ4v) is 2.88. The second-order valence-corrected chi connectivity index (χ2v) is 5.72. The maximum Gasteiger partial charge on any atom is 0.223 e. The van der Waals surface area contributed by atoms with Gasteiger partial charge in [-0.15, -0.1) is 0 Å². The zero-order valence-corrected chi connectivity index (χ0v) is 12.7. The Morgan fingerprint density at radius 3 is 2.65 bits per heavy atom. The molecule has 1 saturated heterocycles. The molecule has 0 radical (unpaired) electrons. The van der Waals surface area contributed by atoms with Crippen molar-refractivity contribution in [3.63, 3.8) is 0 Å². The van der Waals surface area contributed by atoms with Gasteiger partial charge in [-0.25, -0.2) is 0 Å². The van der Waals surface area contributed by atoms with E-state index in [0.29, 0.717) is 18.4 Å². The van der Waals surface area contributed by atoms with Crippen LogP contribution >= 0.6 is 0 Å². The van der Waals surface area contributed by atoms with Crippen molar-refractivity contribution < 1.29 is 4.79 Å². The smallest absolute Gasteiger partial charge is 0.223 e. The monoisotopic (exact) mass is 274 g/mol. The molecule has 110 valence electrons. The number of aryl methyl sites for hydroxylation is 1. The van der Waals surface area contributed by atoms with E-state index in [2.05, 4.69) is 43.4 Å². The predicted molar refractivity (Wildman–Crippen MR) is 82.6 cm³/mol. The summed E-state index contributed by atoms with van der Waals surface area (Å²) in [7, 11) is 0. The SMILES string of the molecule is Cc1ccccc1C(C)NCCC(=O)N1CCCCC1. The zero-order chi connectivity index (χ0) is 14.4. The number of likely N-dealkylation sites (tertiary alicyclic amines) is 1. The Balaban J connectivity index is 1.75. The first-order valence-corrected chi connectivity index (χ1v) is 7.75. The quantitative estimate of drug-likeness (QED) is 0.895. The van der Waals surface area contributed by atoms with Crippen molar-refractivity contribution in [3.05, 3.63) is 35.4 Å². The molecule has 1 atom stereocenters. The van der Waals surface area contributed by atoms with E-state index in [-0.39, 0.29) is 0 Å². The highest BCUT2D eigenvalue weighted by Crippen LogP contribution is 2.16.